The first-order valence-corrected chi connectivity index (χ1v) is 5.71. The summed E-state index contributed by atoms with van der Waals surface area (Å²) in [5, 5.41) is 10.5. The zero-order valence-corrected chi connectivity index (χ0v) is 10.8. The highest BCUT2D eigenvalue weighted by Gasteiger charge is 2.13. The Labute approximate surface area is 106 Å². The van der Waals surface area contributed by atoms with Crippen LogP contribution in [0.15, 0.2) is 24.3 Å². The summed E-state index contributed by atoms with van der Waals surface area (Å²) in [5.74, 6) is -0.450. The average Bonchev–Trinajstić information content (AvgIpc) is 2.27. The number of rotatable bonds is 4. The van der Waals surface area contributed by atoms with E-state index in [1.165, 1.54) is 24.3 Å². The fourth-order valence-electron chi connectivity index (χ4n) is 1.25. The number of hydrogen-bond acceptors (Lipinski definition) is 4. The van der Waals surface area contributed by atoms with Crippen LogP contribution in [-0.4, -0.2) is 17.5 Å². The second-order valence-electron chi connectivity index (χ2n) is 5.25. The van der Waals surface area contributed by atoms with Gasteiger partial charge < -0.3 is 4.74 Å². The van der Waals surface area contributed by atoms with Crippen LogP contribution in [0.4, 0.5) is 5.69 Å². The molecule has 0 unspecified atom stereocenters. The van der Waals surface area contributed by atoms with Gasteiger partial charge in [0.15, 0.2) is 0 Å². The third-order valence-electron chi connectivity index (χ3n) is 2.40. The summed E-state index contributed by atoms with van der Waals surface area (Å²) in [5.41, 5.74) is 0.395. The van der Waals surface area contributed by atoms with E-state index in [0.29, 0.717) is 12.2 Å². The van der Waals surface area contributed by atoms with Gasteiger partial charge in [0, 0.05) is 12.1 Å². The summed E-state index contributed by atoms with van der Waals surface area (Å²) < 4.78 is 5.10. The van der Waals surface area contributed by atoms with Crippen LogP contribution in [0.25, 0.3) is 0 Å². The standard InChI is InChI=1S/C13H17NO4/c1-13(2,3)8-9-18-12(15)10-4-6-11(7-5-10)14(16)17/h4-7H,8-9H2,1-3H3. The maximum atomic E-state index is 11.6. The molecule has 0 amide bonds. The first kappa shape index (κ1) is 14.2. The molecule has 5 nitrogen and oxygen atoms in total. The van der Waals surface area contributed by atoms with Crippen molar-refractivity contribution in [3.8, 4) is 0 Å². The van der Waals surface area contributed by atoms with Crippen LogP contribution in [0.5, 0.6) is 0 Å². The summed E-state index contributed by atoms with van der Waals surface area (Å²) in [7, 11) is 0. The van der Waals surface area contributed by atoms with Crippen molar-refractivity contribution in [1.82, 2.24) is 0 Å². The molecule has 0 aromatic heterocycles. The number of carbonyl (C=O) groups excluding carboxylic acids is 1. The molecule has 98 valence electrons. The van der Waals surface area contributed by atoms with E-state index in [-0.39, 0.29) is 11.1 Å². The number of esters is 1. The van der Waals surface area contributed by atoms with Gasteiger partial charge in [-0.25, -0.2) is 4.79 Å². The fraction of sp³-hybridized carbons (Fsp3) is 0.462. The summed E-state index contributed by atoms with van der Waals surface area (Å²) in [6, 6.07) is 5.38. The molecule has 1 aromatic carbocycles. The maximum absolute atomic E-state index is 11.6. The smallest absolute Gasteiger partial charge is 0.338 e. The molecule has 0 radical (unpaired) electrons. The molecule has 18 heavy (non-hydrogen) atoms. The first-order chi connectivity index (χ1) is 8.29. The average molecular weight is 251 g/mol. The Morgan fingerprint density at radius 3 is 2.28 bits per heavy atom. The molecule has 0 aliphatic rings. The molecule has 5 heteroatoms. The van der Waals surface area contributed by atoms with Gasteiger partial charge in [-0.15, -0.1) is 0 Å². The van der Waals surface area contributed by atoms with Crippen molar-refractivity contribution >= 4 is 11.7 Å². The van der Waals surface area contributed by atoms with E-state index in [9.17, 15) is 14.9 Å². The van der Waals surface area contributed by atoms with Gasteiger partial charge in [-0.2, -0.15) is 0 Å². The van der Waals surface area contributed by atoms with Crippen molar-refractivity contribution in [3.63, 3.8) is 0 Å². The molecule has 0 atom stereocenters. The van der Waals surface area contributed by atoms with Crippen molar-refractivity contribution in [2.75, 3.05) is 6.61 Å². The van der Waals surface area contributed by atoms with E-state index >= 15 is 0 Å². The summed E-state index contributed by atoms with van der Waals surface area (Å²) in [6.45, 7) is 6.53. The van der Waals surface area contributed by atoms with Crippen LogP contribution >= 0.6 is 0 Å². The third kappa shape index (κ3) is 4.53. The number of carbonyl (C=O) groups is 1. The highest BCUT2D eigenvalue weighted by atomic mass is 16.6. The molecule has 0 bridgehead atoms. The number of ether oxygens (including phenoxy) is 1. The van der Waals surface area contributed by atoms with Crippen LogP contribution in [0, 0.1) is 15.5 Å². The Balaban J connectivity index is 2.54. The van der Waals surface area contributed by atoms with Crippen LogP contribution in [0.2, 0.25) is 0 Å². The molecule has 0 spiro atoms. The lowest BCUT2D eigenvalue weighted by molar-refractivity contribution is -0.384. The van der Waals surface area contributed by atoms with E-state index in [1.54, 1.807) is 0 Å². The number of nitro groups is 1. The number of benzene rings is 1. The van der Waals surface area contributed by atoms with Gasteiger partial charge in [-0.05, 0) is 24.0 Å². The Hall–Kier alpha value is -1.91. The van der Waals surface area contributed by atoms with Crippen LogP contribution in [0.1, 0.15) is 37.6 Å². The lowest BCUT2D eigenvalue weighted by Crippen LogP contribution is -2.13. The van der Waals surface area contributed by atoms with Crippen molar-refractivity contribution < 1.29 is 14.5 Å². The lowest BCUT2D eigenvalue weighted by atomic mass is 9.93. The highest BCUT2D eigenvalue weighted by Crippen LogP contribution is 2.18. The van der Waals surface area contributed by atoms with Crippen molar-refractivity contribution in [3.05, 3.63) is 39.9 Å². The van der Waals surface area contributed by atoms with Gasteiger partial charge in [0.05, 0.1) is 17.1 Å². The summed E-state index contributed by atoms with van der Waals surface area (Å²) >= 11 is 0. The molecular weight excluding hydrogens is 234 g/mol. The van der Waals surface area contributed by atoms with Crippen molar-refractivity contribution in [2.45, 2.75) is 27.2 Å². The molecule has 0 saturated carbocycles. The Kier molecular flexibility index (Phi) is 4.42. The Morgan fingerprint density at radius 2 is 1.83 bits per heavy atom. The molecule has 1 aromatic rings. The molecule has 0 aliphatic heterocycles. The van der Waals surface area contributed by atoms with Gasteiger partial charge >= 0.3 is 5.97 Å². The molecule has 0 fully saturated rings. The van der Waals surface area contributed by atoms with Crippen molar-refractivity contribution in [1.29, 1.82) is 0 Å². The van der Waals surface area contributed by atoms with Crippen molar-refractivity contribution in [2.24, 2.45) is 5.41 Å². The minimum Gasteiger partial charge on any atom is -0.462 e. The molecule has 0 heterocycles. The normalized spacial score (nSPS) is 11.1. The monoisotopic (exact) mass is 251 g/mol. The van der Waals surface area contributed by atoms with Gasteiger partial charge in [0.1, 0.15) is 0 Å². The minimum absolute atomic E-state index is 0.0405. The second-order valence-corrected chi connectivity index (χ2v) is 5.25. The Bertz CT molecular complexity index is 431. The van der Waals surface area contributed by atoms with E-state index < -0.39 is 10.9 Å². The number of nitrogens with zero attached hydrogens (tertiary/aromatic N) is 1. The lowest BCUT2D eigenvalue weighted by Gasteiger charge is -2.17. The summed E-state index contributed by atoms with van der Waals surface area (Å²) in [6.07, 6.45) is 0.770. The zero-order valence-electron chi connectivity index (χ0n) is 10.8. The summed E-state index contributed by atoms with van der Waals surface area (Å²) in [4.78, 5) is 21.6. The van der Waals surface area contributed by atoms with E-state index in [1.807, 2.05) is 0 Å². The quantitative estimate of drug-likeness (QED) is 0.468. The molecular formula is C13H17NO4. The predicted octanol–water partition coefficient (Wildman–Crippen LogP) is 3.19. The highest BCUT2D eigenvalue weighted by molar-refractivity contribution is 5.89. The SMILES string of the molecule is CC(C)(C)CCOC(=O)c1ccc([N+](=O)[O-])cc1. The van der Waals surface area contributed by atoms with E-state index in [0.717, 1.165) is 6.42 Å². The topological polar surface area (TPSA) is 69.4 Å². The van der Waals surface area contributed by atoms with Crippen LogP contribution < -0.4 is 0 Å². The molecule has 0 N–H and O–H groups in total. The maximum Gasteiger partial charge on any atom is 0.338 e. The van der Waals surface area contributed by atoms with E-state index in [2.05, 4.69) is 20.8 Å². The van der Waals surface area contributed by atoms with E-state index in [4.69, 9.17) is 4.74 Å². The second kappa shape index (κ2) is 5.62. The molecule has 0 saturated heterocycles. The van der Waals surface area contributed by atoms with Gasteiger partial charge in [0.25, 0.3) is 5.69 Å². The van der Waals surface area contributed by atoms with Gasteiger partial charge in [-0.1, -0.05) is 20.8 Å². The number of nitro benzene ring substituents is 1. The minimum atomic E-state index is -0.505. The fourth-order valence-corrected chi connectivity index (χ4v) is 1.25. The van der Waals surface area contributed by atoms with Gasteiger partial charge in [0.2, 0.25) is 0 Å². The number of hydrogen-bond donors (Lipinski definition) is 0. The molecule has 1 rings (SSSR count). The third-order valence-corrected chi connectivity index (χ3v) is 2.40. The predicted molar refractivity (Wildman–Crippen MR) is 67.5 cm³/mol. The van der Waals surface area contributed by atoms with Crippen LogP contribution in [-0.2, 0) is 4.74 Å². The van der Waals surface area contributed by atoms with Crippen LogP contribution in [0.3, 0.4) is 0 Å². The Morgan fingerprint density at radius 1 is 1.28 bits per heavy atom. The molecule has 0 aliphatic carbocycles. The largest absolute Gasteiger partial charge is 0.462 e. The van der Waals surface area contributed by atoms with Gasteiger partial charge in [-0.3, -0.25) is 10.1 Å². The zero-order chi connectivity index (χ0) is 13.8. The number of non-ortho nitro benzene ring substituents is 1. The first-order valence-electron chi connectivity index (χ1n) is 5.71.